The van der Waals surface area contributed by atoms with Gasteiger partial charge in [0, 0.05) is 19.0 Å². The van der Waals surface area contributed by atoms with E-state index in [9.17, 15) is 13.2 Å². The van der Waals surface area contributed by atoms with Gasteiger partial charge in [0.15, 0.2) is 0 Å². The minimum absolute atomic E-state index is 0.0492. The molecule has 0 aliphatic carbocycles. The van der Waals surface area contributed by atoms with Crippen LogP contribution in [0.2, 0.25) is 0 Å². The maximum Gasteiger partial charge on any atom is 0.339 e. The summed E-state index contributed by atoms with van der Waals surface area (Å²) in [4.78, 5) is 14.8. The van der Waals surface area contributed by atoms with E-state index >= 15 is 0 Å². The van der Waals surface area contributed by atoms with Crippen LogP contribution in [0.4, 0.5) is 0 Å². The molecule has 0 fully saturated rings. The molecule has 0 radical (unpaired) electrons. The number of carbonyl (C=O) groups is 1. The molecule has 2 rings (SSSR count). The minimum Gasteiger partial charge on any atom is -0.497 e. The normalized spacial score (nSPS) is 12.8. The third-order valence-electron chi connectivity index (χ3n) is 4.96. The van der Waals surface area contributed by atoms with Crippen LogP contribution in [0.1, 0.15) is 53.0 Å². The van der Waals surface area contributed by atoms with E-state index in [1.807, 2.05) is 11.8 Å². The number of carbonyl (C=O) groups excluding carboxylic acids is 1. The van der Waals surface area contributed by atoms with Gasteiger partial charge in [0.1, 0.15) is 16.4 Å². The summed E-state index contributed by atoms with van der Waals surface area (Å²) >= 11 is 0. The first-order chi connectivity index (χ1) is 14.4. The number of hydrogen-bond donors (Lipinski definition) is 0. The van der Waals surface area contributed by atoms with Crippen LogP contribution in [0, 0.1) is 5.41 Å². The number of methoxy groups -OCH3 is 1. The van der Waals surface area contributed by atoms with E-state index in [0.29, 0.717) is 18.7 Å². The Hall–Kier alpha value is -2.54. The summed E-state index contributed by atoms with van der Waals surface area (Å²) in [6, 6.07) is 12.9. The lowest BCUT2D eigenvalue weighted by Crippen LogP contribution is -2.39. The lowest BCUT2D eigenvalue weighted by atomic mass is 9.91. The van der Waals surface area contributed by atoms with Crippen LogP contribution < -0.4 is 8.92 Å². The number of ether oxygens (including phenoxy) is 1. The lowest BCUT2D eigenvalue weighted by Gasteiger charge is -2.31. The molecular weight excluding hydrogens is 414 g/mol. The summed E-state index contributed by atoms with van der Waals surface area (Å²) in [7, 11) is -2.43. The summed E-state index contributed by atoms with van der Waals surface area (Å²) in [6.07, 6.45) is 1.33. The Labute approximate surface area is 186 Å². The Morgan fingerprint density at radius 3 is 2.03 bits per heavy atom. The van der Waals surface area contributed by atoms with Crippen molar-refractivity contribution in [2.24, 2.45) is 5.41 Å². The second-order valence-corrected chi connectivity index (χ2v) is 10.4. The molecule has 0 unspecified atom stereocenters. The molecule has 0 saturated carbocycles. The summed E-state index contributed by atoms with van der Waals surface area (Å²) in [5.74, 6) is 0.898. The summed E-state index contributed by atoms with van der Waals surface area (Å²) in [5.41, 5.74) is 0.827. The van der Waals surface area contributed by atoms with E-state index in [0.717, 1.165) is 12.0 Å². The fourth-order valence-corrected chi connectivity index (χ4v) is 3.96. The first kappa shape index (κ1) is 24.7. The second kappa shape index (κ2) is 10.2. The number of rotatable bonds is 9. The Balaban J connectivity index is 2.12. The largest absolute Gasteiger partial charge is 0.497 e. The molecule has 0 N–H and O–H groups in total. The standard InChI is InChI=1S/C24H33NO5S/c1-7-18(2)25(23(26)16-24(3,4)5)17-19-8-10-21(11-9-19)30-31(27,28)22-14-12-20(29-6)13-15-22/h8-15,18H,7,16-17H2,1-6H3/t18-/m1/s1. The third-order valence-corrected chi connectivity index (χ3v) is 6.22. The van der Waals surface area contributed by atoms with Crippen molar-refractivity contribution in [1.82, 2.24) is 4.90 Å². The van der Waals surface area contributed by atoms with E-state index in [2.05, 4.69) is 27.7 Å². The molecule has 6 nitrogen and oxygen atoms in total. The van der Waals surface area contributed by atoms with Crippen molar-refractivity contribution in [1.29, 1.82) is 0 Å². The Kier molecular flexibility index (Phi) is 8.12. The van der Waals surface area contributed by atoms with Gasteiger partial charge in [-0.05, 0) is 60.7 Å². The quantitative estimate of drug-likeness (QED) is 0.504. The Morgan fingerprint density at radius 1 is 1.00 bits per heavy atom. The van der Waals surface area contributed by atoms with Crippen LogP contribution in [-0.2, 0) is 21.5 Å². The molecule has 0 bridgehead atoms. The van der Waals surface area contributed by atoms with E-state index in [1.54, 1.807) is 36.4 Å². The predicted octanol–water partition coefficient (Wildman–Crippen LogP) is 5.03. The molecular formula is C24H33NO5S. The second-order valence-electron chi connectivity index (χ2n) is 8.87. The van der Waals surface area contributed by atoms with Gasteiger partial charge >= 0.3 is 10.1 Å². The highest BCUT2D eigenvalue weighted by Gasteiger charge is 2.24. The van der Waals surface area contributed by atoms with Crippen molar-refractivity contribution in [2.75, 3.05) is 7.11 Å². The fourth-order valence-electron chi connectivity index (χ4n) is 3.03. The highest BCUT2D eigenvalue weighted by atomic mass is 32.2. The zero-order valence-corrected chi connectivity index (χ0v) is 20.0. The van der Waals surface area contributed by atoms with Crippen LogP contribution >= 0.6 is 0 Å². The van der Waals surface area contributed by atoms with E-state index in [4.69, 9.17) is 8.92 Å². The molecule has 1 atom stereocenters. The van der Waals surface area contributed by atoms with Crippen molar-refractivity contribution in [3.05, 3.63) is 54.1 Å². The summed E-state index contributed by atoms with van der Waals surface area (Å²) in [5, 5.41) is 0. The van der Waals surface area contributed by atoms with E-state index in [1.165, 1.54) is 19.2 Å². The molecule has 0 aliphatic heterocycles. The molecule has 2 aromatic rings. The van der Waals surface area contributed by atoms with Crippen LogP contribution in [0.25, 0.3) is 0 Å². The van der Waals surface area contributed by atoms with Crippen molar-refractivity contribution in [3.63, 3.8) is 0 Å². The monoisotopic (exact) mass is 447 g/mol. The van der Waals surface area contributed by atoms with E-state index < -0.39 is 10.1 Å². The van der Waals surface area contributed by atoms with Gasteiger partial charge in [0.2, 0.25) is 5.91 Å². The number of nitrogens with zero attached hydrogens (tertiary/aromatic N) is 1. The summed E-state index contributed by atoms with van der Waals surface area (Å²) < 4.78 is 35.3. The van der Waals surface area contributed by atoms with Gasteiger partial charge in [-0.2, -0.15) is 8.42 Å². The topological polar surface area (TPSA) is 72.9 Å². The number of hydrogen-bond acceptors (Lipinski definition) is 5. The SMILES string of the molecule is CC[C@@H](C)N(Cc1ccc(OS(=O)(=O)c2ccc(OC)cc2)cc1)C(=O)CC(C)(C)C. The molecule has 0 spiro atoms. The molecule has 0 saturated heterocycles. The molecule has 2 aromatic carbocycles. The average Bonchev–Trinajstić information content (AvgIpc) is 2.71. The van der Waals surface area contributed by atoms with Gasteiger partial charge in [-0.25, -0.2) is 0 Å². The Bertz CT molecular complexity index is 961. The molecule has 170 valence electrons. The predicted molar refractivity (Wildman–Crippen MR) is 122 cm³/mol. The maximum atomic E-state index is 12.8. The van der Waals surface area contributed by atoms with Gasteiger partial charge < -0.3 is 13.8 Å². The molecule has 1 amide bonds. The third kappa shape index (κ3) is 7.28. The van der Waals surface area contributed by atoms with Gasteiger partial charge in [-0.1, -0.05) is 39.8 Å². The fraction of sp³-hybridized carbons (Fsp3) is 0.458. The molecule has 0 aliphatic rings. The van der Waals surface area contributed by atoms with Crippen LogP contribution in [0.3, 0.4) is 0 Å². The van der Waals surface area contributed by atoms with Gasteiger partial charge in [0.05, 0.1) is 7.11 Å². The molecule has 0 heterocycles. The van der Waals surface area contributed by atoms with Crippen LogP contribution in [0.5, 0.6) is 11.5 Å². The maximum absolute atomic E-state index is 12.8. The van der Waals surface area contributed by atoms with Crippen molar-refractivity contribution >= 4 is 16.0 Å². The smallest absolute Gasteiger partial charge is 0.339 e. The first-order valence-electron chi connectivity index (χ1n) is 10.4. The Morgan fingerprint density at radius 2 is 1.55 bits per heavy atom. The molecule has 31 heavy (non-hydrogen) atoms. The molecule has 7 heteroatoms. The number of amides is 1. The minimum atomic E-state index is -3.95. The van der Waals surface area contributed by atoms with Crippen molar-refractivity contribution in [2.45, 2.75) is 64.9 Å². The zero-order valence-electron chi connectivity index (χ0n) is 19.2. The van der Waals surface area contributed by atoms with Crippen molar-refractivity contribution in [3.8, 4) is 11.5 Å². The molecule has 0 aromatic heterocycles. The van der Waals surface area contributed by atoms with Crippen molar-refractivity contribution < 1.29 is 22.1 Å². The van der Waals surface area contributed by atoms with Gasteiger partial charge in [0.25, 0.3) is 0 Å². The lowest BCUT2D eigenvalue weighted by molar-refractivity contribution is -0.135. The van der Waals surface area contributed by atoms with Crippen LogP contribution in [0.15, 0.2) is 53.4 Å². The highest BCUT2D eigenvalue weighted by molar-refractivity contribution is 7.87. The highest BCUT2D eigenvalue weighted by Crippen LogP contribution is 2.24. The summed E-state index contributed by atoms with van der Waals surface area (Å²) in [6.45, 7) is 10.7. The van der Waals surface area contributed by atoms with Crippen LogP contribution in [-0.4, -0.2) is 32.4 Å². The van der Waals surface area contributed by atoms with Gasteiger partial charge in [-0.15, -0.1) is 0 Å². The van der Waals surface area contributed by atoms with Gasteiger partial charge in [-0.3, -0.25) is 4.79 Å². The zero-order chi connectivity index (χ0) is 23.2. The van der Waals surface area contributed by atoms with E-state index in [-0.39, 0.29) is 28.0 Å². The number of benzene rings is 2. The first-order valence-corrected chi connectivity index (χ1v) is 11.8. The average molecular weight is 448 g/mol.